The molecule has 2 aromatic rings. The summed E-state index contributed by atoms with van der Waals surface area (Å²) in [6.07, 6.45) is 6.17. The smallest absolute Gasteiger partial charge is 0.242 e. The van der Waals surface area contributed by atoms with E-state index in [2.05, 4.69) is 20.2 Å². The number of alkyl halides is 1. The van der Waals surface area contributed by atoms with Crippen LogP contribution in [-0.2, 0) is 16.8 Å². The minimum atomic E-state index is -1.08. The van der Waals surface area contributed by atoms with Crippen LogP contribution in [0.15, 0.2) is 10.9 Å². The molecule has 2 N–H and O–H groups in total. The summed E-state index contributed by atoms with van der Waals surface area (Å²) in [4.78, 5) is 19.5. The van der Waals surface area contributed by atoms with Gasteiger partial charge in [-0.2, -0.15) is 4.98 Å². The van der Waals surface area contributed by atoms with Gasteiger partial charge in [0.2, 0.25) is 23.4 Å². The Kier molecular flexibility index (Phi) is 2.91. The van der Waals surface area contributed by atoms with Gasteiger partial charge < -0.3 is 10.3 Å². The number of rotatable bonds is 4. The SMILES string of the molecule is NC(=O)Cn1cnc(-c2noc(C34CC5CC(CC(F)(C5)C3)C4)n2)n1. The quantitative estimate of drug-likeness (QED) is 0.895. The Labute approximate surface area is 143 Å². The first-order valence-corrected chi connectivity index (χ1v) is 8.64. The molecule has 4 fully saturated rings. The third-order valence-electron chi connectivity index (χ3n) is 5.92. The van der Waals surface area contributed by atoms with E-state index >= 15 is 4.39 Å². The molecule has 0 radical (unpaired) electrons. The summed E-state index contributed by atoms with van der Waals surface area (Å²) < 4.78 is 22.0. The first kappa shape index (κ1) is 15.0. The molecule has 132 valence electrons. The molecular formula is C16H19FN6O2. The maximum absolute atomic E-state index is 15.1. The van der Waals surface area contributed by atoms with Crippen LogP contribution in [0.1, 0.15) is 44.4 Å². The van der Waals surface area contributed by atoms with Crippen LogP contribution in [0.4, 0.5) is 4.39 Å². The minimum absolute atomic E-state index is 0.0601. The molecule has 1 amide bonds. The molecule has 2 heterocycles. The monoisotopic (exact) mass is 346 g/mol. The third kappa shape index (κ3) is 2.36. The van der Waals surface area contributed by atoms with Crippen molar-refractivity contribution in [1.82, 2.24) is 24.9 Å². The second-order valence-corrected chi connectivity index (χ2v) is 8.05. The number of nitrogens with two attached hydrogens (primary N) is 1. The normalized spacial score (nSPS) is 36.0. The second kappa shape index (κ2) is 4.86. The van der Waals surface area contributed by atoms with Gasteiger partial charge in [-0.05, 0) is 50.4 Å². The fourth-order valence-corrected chi connectivity index (χ4v) is 5.56. The number of hydrogen-bond donors (Lipinski definition) is 1. The highest BCUT2D eigenvalue weighted by atomic mass is 19.1. The molecule has 8 nitrogen and oxygen atoms in total. The Hall–Kier alpha value is -2.32. The number of carbonyl (C=O) groups is 1. The maximum atomic E-state index is 15.1. The van der Waals surface area contributed by atoms with E-state index in [1.807, 2.05) is 0 Å². The van der Waals surface area contributed by atoms with E-state index in [0.717, 1.165) is 19.3 Å². The molecule has 2 aromatic heterocycles. The first-order valence-electron chi connectivity index (χ1n) is 8.64. The lowest BCUT2D eigenvalue weighted by molar-refractivity contribution is -0.118. The van der Waals surface area contributed by atoms with Crippen molar-refractivity contribution in [1.29, 1.82) is 0 Å². The van der Waals surface area contributed by atoms with Crippen molar-refractivity contribution in [2.24, 2.45) is 17.6 Å². The largest absolute Gasteiger partial charge is 0.368 e. The van der Waals surface area contributed by atoms with E-state index in [4.69, 9.17) is 10.3 Å². The molecule has 0 aromatic carbocycles. The fourth-order valence-electron chi connectivity index (χ4n) is 5.56. The number of amides is 1. The van der Waals surface area contributed by atoms with Gasteiger partial charge in [-0.15, -0.1) is 5.10 Å². The Bertz CT molecular complexity index is 831. The molecule has 0 aliphatic heterocycles. The Morgan fingerprint density at radius 3 is 2.76 bits per heavy atom. The molecule has 0 saturated heterocycles. The van der Waals surface area contributed by atoms with E-state index in [1.54, 1.807) is 0 Å². The van der Waals surface area contributed by atoms with Crippen molar-refractivity contribution >= 4 is 5.91 Å². The number of aromatic nitrogens is 5. The molecule has 25 heavy (non-hydrogen) atoms. The van der Waals surface area contributed by atoms with Crippen molar-refractivity contribution in [3.8, 4) is 11.6 Å². The molecule has 2 unspecified atom stereocenters. The Balaban J connectivity index is 1.45. The summed E-state index contributed by atoms with van der Waals surface area (Å²) >= 11 is 0. The summed E-state index contributed by atoms with van der Waals surface area (Å²) in [5, 5.41) is 8.14. The number of hydrogen-bond acceptors (Lipinski definition) is 6. The van der Waals surface area contributed by atoms with Crippen molar-refractivity contribution in [3.05, 3.63) is 12.2 Å². The van der Waals surface area contributed by atoms with Gasteiger partial charge in [0, 0.05) is 0 Å². The van der Waals surface area contributed by atoms with Crippen LogP contribution in [0, 0.1) is 11.8 Å². The lowest BCUT2D eigenvalue weighted by atomic mass is 9.48. The van der Waals surface area contributed by atoms with Crippen molar-refractivity contribution < 1.29 is 13.7 Å². The van der Waals surface area contributed by atoms with E-state index < -0.39 is 11.6 Å². The van der Waals surface area contributed by atoms with Crippen molar-refractivity contribution in [2.75, 3.05) is 0 Å². The van der Waals surface area contributed by atoms with Crippen LogP contribution in [0.3, 0.4) is 0 Å². The molecule has 4 aliphatic carbocycles. The Morgan fingerprint density at radius 1 is 1.32 bits per heavy atom. The number of nitrogens with zero attached hydrogens (tertiary/aromatic N) is 5. The highest BCUT2D eigenvalue weighted by molar-refractivity contribution is 5.73. The molecule has 4 aliphatic rings. The summed E-state index contributed by atoms with van der Waals surface area (Å²) in [5.41, 5.74) is 3.71. The molecule has 0 spiro atoms. The number of halogens is 1. The number of primary amides is 1. The molecule has 6 rings (SSSR count). The lowest BCUT2D eigenvalue weighted by Gasteiger charge is -2.57. The zero-order chi connectivity index (χ0) is 17.2. The van der Waals surface area contributed by atoms with E-state index in [0.29, 0.717) is 37.0 Å². The van der Waals surface area contributed by atoms with Crippen molar-refractivity contribution in [2.45, 2.75) is 56.2 Å². The predicted molar refractivity (Wildman–Crippen MR) is 82.7 cm³/mol. The zero-order valence-corrected chi connectivity index (χ0v) is 13.7. The van der Waals surface area contributed by atoms with Crippen LogP contribution in [0.25, 0.3) is 11.6 Å². The van der Waals surface area contributed by atoms with E-state index in [9.17, 15) is 4.79 Å². The van der Waals surface area contributed by atoms with Gasteiger partial charge in [-0.1, -0.05) is 5.16 Å². The van der Waals surface area contributed by atoms with Gasteiger partial charge in [0.25, 0.3) is 0 Å². The van der Waals surface area contributed by atoms with Crippen LogP contribution in [-0.4, -0.2) is 36.5 Å². The fraction of sp³-hybridized carbons (Fsp3) is 0.688. The van der Waals surface area contributed by atoms with Gasteiger partial charge >= 0.3 is 0 Å². The summed E-state index contributed by atoms with van der Waals surface area (Å²) in [6, 6.07) is 0. The highest BCUT2D eigenvalue weighted by Crippen LogP contribution is 2.63. The standard InChI is InChI=1S/C16H19FN6O2/c17-16-4-9-1-10(5-16)3-15(2-9,7-16)14-20-13(22-25-14)12-19-8-23(21-12)6-11(18)24/h8-10H,1-7H2,(H2,18,24). The maximum Gasteiger partial charge on any atom is 0.242 e. The van der Waals surface area contributed by atoms with Crippen LogP contribution < -0.4 is 5.73 Å². The van der Waals surface area contributed by atoms with Crippen LogP contribution in [0.2, 0.25) is 0 Å². The lowest BCUT2D eigenvalue weighted by Crippen LogP contribution is -2.55. The van der Waals surface area contributed by atoms with E-state index in [-0.39, 0.29) is 23.6 Å². The van der Waals surface area contributed by atoms with Crippen molar-refractivity contribution in [3.63, 3.8) is 0 Å². The minimum Gasteiger partial charge on any atom is -0.368 e. The summed E-state index contributed by atoms with van der Waals surface area (Å²) in [7, 11) is 0. The molecule has 4 saturated carbocycles. The summed E-state index contributed by atoms with van der Waals surface area (Å²) in [5.74, 6) is 1.36. The van der Waals surface area contributed by atoms with Gasteiger partial charge in [0.05, 0.1) is 5.41 Å². The van der Waals surface area contributed by atoms with E-state index in [1.165, 1.54) is 11.0 Å². The third-order valence-corrected chi connectivity index (χ3v) is 5.92. The summed E-state index contributed by atoms with van der Waals surface area (Å²) in [6.45, 7) is -0.0601. The van der Waals surface area contributed by atoms with Gasteiger partial charge in [0.1, 0.15) is 18.5 Å². The average Bonchev–Trinajstić information content (AvgIpc) is 3.12. The average molecular weight is 346 g/mol. The Morgan fingerprint density at radius 2 is 2.08 bits per heavy atom. The van der Waals surface area contributed by atoms with Gasteiger partial charge in [-0.25, -0.2) is 14.1 Å². The molecule has 2 atom stereocenters. The van der Waals surface area contributed by atoms with Crippen LogP contribution >= 0.6 is 0 Å². The van der Waals surface area contributed by atoms with Crippen LogP contribution in [0.5, 0.6) is 0 Å². The molecule has 9 heteroatoms. The molecular weight excluding hydrogens is 327 g/mol. The predicted octanol–water partition coefficient (Wildman–Crippen LogP) is 1.37. The number of carbonyl (C=O) groups excluding carboxylic acids is 1. The van der Waals surface area contributed by atoms with Gasteiger partial charge in [-0.3, -0.25) is 4.79 Å². The highest BCUT2D eigenvalue weighted by Gasteiger charge is 2.61. The molecule has 4 bridgehead atoms. The topological polar surface area (TPSA) is 113 Å². The first-order chi connectivity index (χ1) is 11.9. The zero-order valence-electron chi connectivity index (χ0n) is 13.7. The second-order valence-electron chi connectivity index (χ2n) is 8.05. The van der Waals surface area contributed by atoms with Gasteiger partial charge in [0.15, 0.2) is 0 Å².